The van der Waals surface area contributed by atoms with Crippen molar-refractivity contribution in [3.63, 3.8) is 0 Å². The Morgan fingerprint density at radius 3 is 2.47 bits per heavy atom. The standard InChI is InChI=1S/C14H23N3OS/c1-10(8-9-19-3)16-11(2)12-4-6-13(7-5-12)17-14(15)18/h4-7,10-11,16H,8-9H2,1-3H3,(H3,15,17,18). The Bertz CT molecular complexity index is 394. The zero-order chi connectivity index (χ0) is 14.3. The molecule has 0 aliphatic carbocycles. The van der Waals surface area contributed by atoms with Crippen LogP contribution in [0.3, 0.4) is 0 Å². The van der Waals surface area contributed by atoms with Crippen LogP contribution in [0.15, 0.2) is 24.3 Å². The second-order valence-electron chi connectivity index (χ2n) is 4.68. The summed E-state index contributed by atoms with van der Waals surface area (Å²) >= 11 is 1.87. The average molecular weight is 281 g/mol. The number of primary amides is 1. The van der Waals surface area contributed by atoms with Crippen LogP contribution in [0.4, 0.5) is 10.5 Å². The molecular weight excluding hydrogens is 258 g/mol. The van der Waals surface area contributed by atoms with Crippen LogP contribution in [0.5, 0.6) is 0 Å². The van der Waals surface area contributed by atoms with Gasteiger partial charge in [-0.25, -0.2) is 4.79 Å². The molecule has 0 bridgehead atoms. The molecule has 0 aromatic heterocycles. The van der Waals surface area contributed by atoms with Gasteiger partial charge in [0, 0.05) is 17.8 Å². The largest absolute Gasteiger partial charge is 0.351 e. The predicted molar refractivity (Wildman–Crippen MR) is 83.7 cm³/mol. The second kappa shape index (κ2) is 8.07. The monoisotopic (exact) mass is 281 g/mol. The van der Waals surface area contributed by atoms with Crippen LogP contribution in [-0.4, -0.2) is 24.1 Å². The number of carbonyl (C=O) groups is 1. The van der Waals surface area contributed by atoms with E-state index >= 15 is 0 Å². The highest BCUT2D eigenvalue weighted by Gasteiger charge is 2.09. The number of nitrogens with one attached hydrogen (secondary N) is 2. The molecule has 0 saturated carbocycles. The van der Waals surface area contributed by atoms with E-state index < -0.39 is 6.03 Å². The number of hydrogen-bond acceptors (Lipinski definition) is 3. The van der Waals surface area contributed by atoms with E-state index in [-0.39, 0.29) is 0 Å². The molecule has 4 N–H and O–H groups in total. The first kappa shape index (κ1) is 15.9. The van der Waals surface area contributed by atoms with Gasteiger partial charge in [0.2, 0.25) is 0 Å². The number of rotatable bonds is 7. The van der Waals surface area contributed by atoms with Crippen molar-refractivity contribution in [1.29, 1.82) is 0 Å². The van der Waals surface area contributed by atoms with Crippen molar-refractivity contribution in [3.8, 4) is 0 Å². The molecule has 1 aromatic carbocycles. The Morgan fingerprint density at radius 2 is 1.95 bits per heavy atom. The van der Waals surface area contributed by atoms with Gasteiger partial charge in [-0.3, -0.25) is 0 Å². The lowest BCUT2D eigenvalue weighted by molar-refractivity contribution is 0.259. The molecule has 4 nitrogen and oxygen atoms in total. The molecule has 5 heteroatoms. The normalized spacial score (nSPS) is 13.8. The Kier molecular flexibility index (Phi) is 6.73. The van der Waals surface area contributed by atoms with E-state index in [4.69, 9.17) is 5.73 Å². The number of benzene rings is 1. The Labute approximate surface area is 119 Å². The van der Waals surface area contributed by atoms with Crippen LogP contribution in [0, 0.1) is 0 Å². The summed E-state index contributed by atoms with van der Waals surface area (Å²) in [5.41, 5.74) is 6.99. The van der Waals surface area contributed by atoms with E-state index in [0.717, 1.165) is 12.1 Å². The maximum Gasteiger partial charge on any atom is 0.316 e. The predicted octanol–water partition coefficient (Wildman–Crippen LogP) is 2.97. The van der Waals surface area contributed by atoms with Crippen LogP contribution < -0.4 is 16.4 Å². The first-order valence-electron chi connectivity index (χ1n) is 6.44. The Balaban J connectivity index is 2.52. The maximum atomic E-state index is 10.7. The fourth-order valence-corrected chi connectivity index (χ4v) is 2.49. The summed E-state index contributed by atoms with van der Waals surface area (Å²) in [5.74, 6) is 1.17. The molecular formula is C14H23N3OS. The van der Waals surface area contributed by atoms with Crippen molar-refractivity contribution in [2.24, 2.45) is 5.73 Å². The first-order valence-corrected chi connectivity index (χ1v) is 7.83. The molecule has 0 aliphatic heterocycles. The smallest absolute Gasteiger partial charge is 0.316 e. The van der Waals surface area contributed by atoms with Gasteiger partial charge in [0.1, 0.15) is 0 Å². The van der Waals surface area contributed by atoms with Gasteiger partial charge in [-0.05, 0) is 50.0 Å². The van der Waals surface area contributed by atoms with E-state index in [1.165, 1.54) is 11.3 Å². The summed E-state index contributed by atoms with van der Waals surface area (Å²) in [6, 6.07) is 7.99. The van der Waals surface area contributed by atoms with Gasteiger partial charge in [0.15, 0.2) is 0 Å². The highest BCUT2D eigenvalue weighted by atomic mass is 32.2. The van der Waals surface area contributed by atoms with Crippen molar-refractivity contribution in [2.75, 3.05) is 17.3 Å². The molecule has 0 radical (unpaired) electrons. The van der Waals surface area contributed by atoms with Gasteiger partial charge in [-0.15, -0.1) is 0 Å². The first-order chi connectivity index (χ1) is 9.02. The molecule has 0 fully saturated rings. The van der Waals surface area contributed by atoms with Gasteiger partial charge in [0.05, 0.1) is 0 Å². The van der Waals surface area contributed by atoms with E-state index in [0.29, 0.717) is 12.1 Å². The lowest BCUT2D eigenvalue weighted by Gasteiger charge is -2.20. The van der Waals surface area contributed by atoms with Crippen LogP contribution in [0.2, 0.25) is 0 Å². The number of nitrogens with two attached hydrogens (primary N) is 1. The van der Waals surface area contributed by atoms with Crippen molar-refractivity contribution in [3.05, 3.63) is 29.8 Å². The third-order valence-corrected chi connectivity index (χ3v) is 3.61. The fraction of sp³-hybridized carbons (Fsp3) is 0.500. The van der Waals surface area contributed by atoms with Gasteiger partial charge in [-0.1, -0.05) is 12.1 Å². The number of hydrogen-bond donors (Lipinski definition) is 3. The van der Waals surface area contributed by atoms with Gasteiger partial charge in [0.25, 0.3) is 0 Å². The minimum atomic E-state index is -0.537. The van der Waals surface area contributed by atoms with Crippen LogP contribution in [0.1, 0.15) is 31.9 Å². The molecule has 1 rings (SSSR count). The van der Waals surface area contributed by atoms with Gasteiger partial charge < -0.3 is 16.4 Å². The van der Waals surface area contributed by atoms with E-state index in [1.54, 1.807) is 0 Å². The molecule has 0 saturated heterocycles. The fourth-order valence-electron chi connectivity index (χ4n) is 1.90. The summed E-state index contributed by atoms with van der Waals surface area (Å²) in [6.45, 7) is 4.35. The van der Waals surface area contributed by atoms with Crippen LogP contribution >= 0.6 is 11.8 Å². The molecule has 19 heavy (non-hydrogen) atoms. The van der Waals surface area contributed by atoms with Crippen LogP contribution in [0.25, 0.3) is 0 Å². The number of thioether (sulfide) groups is 1. The lowest BCUT2D eigenvalue weighted by atomic mass is 10.1. The highest BCUT2D eigenvalue weighted by Crippen LogP contribution is 2.17. The third-order valence-electron chi connectivity index (χ3n) is 2.97. The second-order valence-corrected chi connectivity index (χ2v) is 5.67. The van der Waals surface area contributed by atoms with Crippen LogP contribution in [-0.2, 0) is 0 Å². The molecule has 2 atom stereocenters. The number of anilines is 1. The van der Waals surface area contributed by atoms with Gasteiger partial charge in [-0.2, -0.15) is 11.8 Å². The zero-order valence-corrected chi connectivity index (χ0v) is 12.6. The minimum absolute atomic E-state index is 0.291. The van der Waals surface area contributed by atoms with Crippen molar-refractivity contribution >= 4 is 23.5 Å². The summed E-state index contributed by atoms with van der Waals surface area (Å²) in [5, 5.41) is 6.12. The molecule has 0 aliphatic rings. The molecule has 2 amide bonds. The summed E-state index contributed by atoms with van der Waals surface area (Å²) in [4.78, 5) is 10.7. The topological polar surface area (TPSA) is 67.2 Å². The molecule has 106 valence electrons. The Hall–Kier alpha value is -1.20. The number of amides is 2. The Morgan fingerprint density at radius 1 is 1.32 bits per heavy atom. The number of urea groups is 1. The van der Waals surface area contributed by atoms with E-state index in [2.05, 4.69) is 30.7 Å². The maximum absolute atomic E-state index is 10.7. The summed E-state index contributed by atoms with van der Waals surface area (Å²) in [6.07, 6.45) is 3.29. The number of carbonyl (C=O) groups excluding carboxylic acids is 1. The molecule has 0 heterocycles. The van der Waals surface area contributed by atoms with Gasteiger partial charge >= 0.3 is 6.03 Å². The third kappa shape index (κ3) is 5.98. The SMILES string of the molecule is CSCCC(C)NC(C)c1ccc(NC(N)=O)cc1. The minimum Gasteiger partial charge on any atom is -0.351 e. The quantitative estimate of drug-likeness (QED) is 0.720. The average Bonchev–Trinajstić information content (AvgIpc) is 2.36. The van der Waals surface area contributed by atoms with Crippen molar-refractivity contribution in [1.82, 2.24) is 5.32 Å². The van der Waals surface area contributed by atoms with E-state index in [1.807, 2.05) is 36.0 Å². The molecule has 2 unspecified atom stereocenters. The van der Waals surface area contributed by atoms with Crippen molar-refractivity contribution in [2.45, 2.75) is 32.4 Å². The highest BCUT2D eigenvalue weighted by molar-refractivity contribution is 7.98. The zero-order valence-electron chi connectivity index (χ0n) is 11.8. The summed E-state index contributed by atoms with van der Waals surface area (Å²) in [7, 11) is 0. The lowest BCUT2D eigenvalue weighted by Crippen LogP contribution is -2.29. The van der Waals surface area contributed by atoms with Crippen molar-refractivity contribution < 1.29 is 4.79 Å². The van der Waals surface area contributed by atoms with E-state index in [9.17, 15) is 4.79 Å². The molecule has 0 spiro atoms. The molecule has 1 aromatic rings. The summed E-state index contributed by atoms with van der Waals surface area (Å²) < 4.78 is 0.